The van der Waals surface area contributed by atoms with E-state index in [0.29, 0.717) is 6.54 Å². The van der Waals surface area contributed by atoms with Crippen LogP contribution in [0.4, 0.5) is 0 Å². The molecular weight excluding hydrogens is 310 g/mol. The molecule has 0 bridgehead atoms. The Bertz CT molecular complexity index is 770. The van der Waals surface area contributed by atoms with Gasteiger partial charge in [0.25, 0.3) is 0 Å². The molecule has 1 N–H and O–H groups in total. The SMILES string of the molecule is Cc1cn2c(n1)CC[C@@H](NS(=O)(=O)c1ccccc1Cl)C2. The van der Waals surface area contributed by atoms with Crippen LogP contribution < -0.4 is 4.72 Å². The molecule has 2 aromatic rings. The number of aromatic nitrogens is 2. The molecule has 0 saturated heterocycles. The summed E-state index contributed by atoms with van der Waals surface area (Å²) in [5, 5.41) is 0.236. The smallest absolute Gasteiger partial charge is 0.242 e. The summed E-state index contributed by atoms with van der Waals surface area (Å²) in [5.74, 6) is 1.01. The average Bonchev–Trinajstić information content (AvgIpc) is 2.78. The zero-order valence-electron chi connectivity index (χ0n) is 11.6. The molecule has 0 unspecified atom stereocenters. The van der Waals surface area contributed by atoms with Gasteiger partial charge in [0, 0.05) is 25.2 Å². The zero-order valence-corrected chi connectivity index (χ0v) is 13.2. The lowest BCUT2D eigenvalue weighted by atomic mass is 10.1. The normalized spacial score (nSPS) is 18.5. The van der Waals surface area contributed by atoms with E-state index in [4.69, 9.17) is 11.6 Å². The van der Waals surface area contributed by atoms with Crippen molar-refractivity contribution in [1.82, 2.24) is 14.3 Å². The molecule has 3 rings (SSSR count). The number of nitrogens with one attached hydrogen (secondary N) is 1. The van der Waals surface area contributed by atoms with Crippen molar-refractivity contribution in [2.45, 2.75) is 37.2 Å². The first-order valence-corrected chi connectivity index (χ1v) is 8.61. The Morgan fingerprint density at radius 3 is 2.90 bits per heavy atom. The van der Waals surface area contributed by atoms with Crippen LogP contribution in [0.5, 0.6) is 0 Å². The second-order valence-electron chi connectivity index (χ2n) is 5.24. The summed E-state index contributed by atoms with van der Waals surface area (Å²) < 4.78 is 29.6. The van der Waals surface area contributed by atoms with E-state index in [9.17, 15) is 8.42 Å². The molecule has 112 valence electrons. The van der Waals surface area contributed by atoms with Gasteiger partial charge in [-0.05, 0) is 25.5 Å². The lowest BCUT2D eigenvalue weighted by Crippen LogP contribution is -2.40. The maximum absolute atomic E-state index is 12.4. The maximum Gasteiger partial charge on any atom is 0.242 e. The van der Waals surface area contributed by atoms with Crippen molar-refractivity contribution in [3.8, 4) is 0 Å². The first kappa shape index (κ1) is 14.6. The summed E-state index contributed by atoms with van der Waals surface area (Å²) in [7, 11) is -3.60. The summed E-state index contributed by atoms with van der Waals surface area (Å²) >= 11 is 5.98. The first-order valence-electron chi connectivity index (χ1n) is 6.75. The molecule has 1 aliphatic heterocycles. The number of aryl methyl sites for hydroxylation is 2. The lowest BCUT2D eigenvalue weighted by molar-refractivity contribution is 0.421. The minimum Gasteiger partial charge on any atom is -0.333 e. The van der Waals surface area contributed by atoms with Crippen LogP contribution in [-0.2, 0) is 23.0 Å². The quantitative estimate of drug-likeness (QED) is 0.940. The predicted molar refractivity (Wildman–Crippen MR) is 80.8 cm³/mol. The van der Waals surface area contributed by atoms with E-state index in [1.807, 2.05) is 17.7 Å². The number of halogens is 1. The van der Waals surface area contributed by atoms with Crippen LogP contribution in [0.2, 0.25) is 5.02 Å². The van der Waals surface area contributed by atoms with E-state index in [2.05, 4.69) is 9.71 Å². The summed E-state index contributed by atoms with van der Waals surface area (Å²) in [5.41, 5.74) is 0.958. The molecule has 1 aliphatic rings. The number of hydrogen-bond acceptors (Lipinski definition) is 3. The molecule has 5 nitrogen and oxygen atoms in total. The molecule has 0 saturated carbocycles. The topological polar surface area (TPSA) is 64.0 Å². The van der Waals surface area contributed by atoms with Gasteiger partial charge < -0.3 is 4.57 Å². The molecule has 21 heavy (non-hydrogen) atoms. The van der Waals surface area contributed by atoms with Crippen LogP contribution in [-0.4, -0.2) is 24.0 Å². The van der Waals surface area contributed by atoms with E-state index in [1.54, 1.807) is 18.2 Å². The van der Waals surface area contributed by atoms with Gasteiger partial charge in [-0.15, -0.1) is 0 Å². The van der Waals surface area contributed by atoms with Crippen molar-refractivity contribution in [3.05, 3.63) is 47.0 Å². The van der Waals surface area contributed by atoms with E-state index < -0.39 is 10.0 Å². The highest BCUT2D eigenvalue weighted by Crippen LogP contribution is 2.22. The molecule has 0 spiro atoms. The number of rotatable bonds is 3. The number of hydrogen-bond donors (Lipinski definition) is 1. The van der Waals surface area contributed by atoms with Gasteiger partial charge in [0.1, 0.15) is 10.7 Å². The van der Waals surface area contributed by atoms with Crippen LogP contribution in [0.15, 0.2) is 35.4 Å². The number of fused-ring (bicyclic) bond motifs is 1. The Kier molecular flexibility index (Phi) is 3.77. The lowest BCUT2D eigenvalue weighted by Gasteiger charge is -2.24. The molecule has 0 fully saturated rings. The Hall–Kier alpha value is -1.37. The minimum absolute atomic E-state index is 0.124. The van der Waals surface area contributed by atoms with Gasteiger partial charge in [-0.2, -0.15) is 0 Å². The van der Waals surface area contributed by atoms with Crippen LogP contribution >= 0.6 is 11.6 Å². The van der Waals surface area contributed by atoms with Crippen LogP contribution in [0.25, 0.3) is 0 Å². The van der Waals surface area contributed by atoms with E-state index in [-0.39, 0.29) is 16.0 Å². The van der Waals surface area contributed by atoms with Gasteiger partial charge in [-0.3, -0.25) is 0 Å². The van der Waals surface area contributed by atoms with Crippen molar-refractivity contribution >= 4 is 21.6 Å². The van der Waals surface area contributed by atoms with E-state index in [1.165, 1.54) is 6.07 Å². The zero-order chi connectivity index (χ0) is 15.0. The third kappa shape index (κ3) is 2.97. The Morgan fingerprint density at radius 2 is 2.14 bits per heavy atom. The van der Waals surface area contributed by atoms with E-state index >= 15 is 0 Å². The number of benzene rings is 1. The molecule has 1 aromatic heterocycles. The summed E-state index contributed by atoms with van der Waals surface area (Å²) in [6.07, 6.45) is 3.45. The Labute approximate surface area is 129 Å². The summed E-state index contributed by atoms with van der Waals surface area (Å²) in [6, 6.07) is 6.32. The average molecular weight is 326 g/mol. The monoisotopic (exact) mass is 325 g/mol. The second-order valence-corrected chi connectivity index (χ2v) is 7.33. The van der Waals surface area contributed by atoms with Crippen LogP contribution in [0, 0.1) is 6.92 Å². The predicted octanol–water partition coefficient (Wildman–Crippen LogP) is 2.14. The number of nitrogens with zero attached hydrogens (tertiary/aromatic N) is 2. The largest absolute Gasteiger partial charge is 0.333 e. The van der Waals surface area contributed by atoms with Gasteiger partial charge in [-0.1, -0.05) is 23.7 Å². The third-order valence-corrected chi connectivity index (χ3v) is 5.58. The molecular formula is C14H16ClN3O2S. The minimum atomic E-state index is -3.60. The van der Waals surface area contributed by atoms with Gasteiger partial charge >= 0.3 is 0 Å². The molecule has 2 heterocycles. The third-order valence-electron chi connectivity index (χ3n) is 3.56. The summed E-state index contributed by atoms with van der Waals surface area (Å²) in [6.45, 7) is 2.54. The fraction of sp³-hybridized carbons (Fsp3) is 0.357. The number of sulfonamides is 1. The molecule has 1 aromatic carbocycles. The fourth-order valence-corrected chi connectivity index (χ4v) is 4.41. The molecule has 0 radical (unpaired) electrons. The van der Waals surface area contributed by atoms with Crippen molar-refractivity contribution in [2.75, 3.05) is 0 Å². The van der Waals surface area contributed by atoms with Crippen LogP contribution in [0.3, 0.4) is 0 Å². The highest BCUT2D eigenvalue weighted by Gasteiger charge is 2.26. The van der Waals surface area contributed by atoms with Gasteiger partial charge in [0.05, 0.1) is 10.7 Å². The van der Waals surface area contributed by atoms with E-state index in [0.717, 1.165) is 24.4 Å². The van der Waals surface area contributed by atoms with Gasteiger partial charge in [-0.25, -0.2) is 18.1 Å². The summed E-state index contributed by atoms with van der Waals surface area (Å²) in [4.78, 5) is 4.54. The van der Waals surface area contributed by atoms with Crippen molar-refractivity contribution < 1.29 is 8.42 Å². The second kappa shape index (κ2) is 5.44. The highest BCUT2D eigenvalue weighted by atomic mass is 35.5. The molecule has 0 amide bonds. The maximum atomic E-state index is 12.4. The molecule has 1 atom stereocenters. The van der Waals surface area contributed by atoms with Crippen molar-refractivity contribution in [3.63, 3.8) is 0 Å². The molecule has 0 aliphatic carbocycles. The Morgan fingerprint density at radius 1 is 1.38 bits per heavy atom. The fourth-order valence-electron chi connectivity index (χ4n) is 2.63. The highest BCUT2D eigenvalue weighted by molar-refractivity contribution is 7.89. The van der Waals surface area contributed by atoms with Gasteiger partial charge in [0.15, 0.2) is 0 Å². The van der Waals surface area contributed by atoms with Crippen molar-refractivity contribution in [2.24, 2.45) is 0 Å². The Balaban J connectivity index is 1.80. The standard InChI is InChI=1S/C14H16ClN3O2S/c1-10-8-18-9-11(6-7-14(18)16-10)17-21(19,20)13-5-3-2-4-12(13)15/h2-5,8,11,17H,6-7,9H2,1H3/t11-/m1/s1. The first-order chi connectivity index (χ1) is 9.95. The van der Waals surface area contributed by atoms with Gasteiger partial charge in [0.2, 0.25) is 10.0 Å². The molecule has 7 heteroatoms. The number of imidazole rings is 1. The van der Waals surface area contributed by atoms with Crippen molar-refractivity contribution in [1.29, 1.82) is 0 Å². The van der Waals surface area contributed by atoms with Crippen LogP contribution in [0.1, 0.15) is 17.9 Å².